The lowest BCUT2D eigenvalue weighted by Crippen LogP contribution is -3.12. The molecule has 0 saturated carbocycles. The number of benzene rings is 2. The first-order chi connectivity index (χ1) is 15.9. The van der Waals surface area contributed by atoms with E-state index in [2.05, 4.69) is 23.3 Å². The van der Waals surface area contributed by atoms with E-state index in [9.17, 15) is 10.2 Å². The number of ether oxygens (including phenoxy) is 1. The fourth-order valence-electron chi connectivity index (χ4n) is 4.78. The number of aliphatic hydroxyl groups is 1. The third kappa shape index (κ3) is 4.70. The fraction of sp³-hybridized carbons (Fsp3) is 0.423. The zero-order valence-electron chi connectivity index (χ0n) is 20.0. The highest BCUT2D eigenvalue weighted by molar-refractivity contribution is 5.69. The summed E-state index contributed by atoms with van der Waals surface area (Å²) in [5.74, 6) is 1.52. The number of anilines is 1. The maximum absolute atomic E-state index is 12.9. The summed E-state index contributed by atoms with van der Waals surface area (Å²) < 4.78 is 7.27. The van der Waals surface area contributed by atoms with Crippen LogP contribution in [-0.4, -0.2) is 47.9 Å². The number of quaternary nitrogens is 1. The highest BCUT2D eigenvalue weighted by Gasteiger charge is 2.28. The molecule has 4 rings (SSSR count). The summed E-state index contributed by atoms with van der Waals surface area (Å²) in [6.45, 7) is 8.19. The van der Waals surface area contributed by atoms with E-state index >= 15 is 0 Å². The molecule has 1 aliphatic heterocycles. The molecule has 2 unspecified atom stereocenters. The maximum atomic E-state index is 12.9. The van der Waals surface area contributed by atoms with E-state index < -0.39 is 6.10 Å². The number of imidazole rings is 1. The lowest BCUT2D eigenvalue weighted by atomic mass is 10.1. The Kier molecular flexibility index (Phi) is 6.91. The number of methoxy groups -OCH3 is 1. The molecule has 3 aromatic rings. The van der Waals surface area contributed by atoms with E-state index in [0.717, 1.165) is 61.1 Å². The van der Waals surface area contributed by atoms with Gasteiger partial charge in [-0.25, -0.2) is 4.98 Å². The van der Waals surface area contributed by atoms with Crippen molar-refractivity contribution >= 4 is 5.69 Å². The van der Waals surface area contributed by atoms with E-state index in [1.165, 1.54) is 10.6 Å². The summed E-state index contributed by atoms with van der Waals surface area (Å²) in [6.07, 6.45) is 0.325. The van der Waals surface area contributed by atoms with Crippen LogP contribution in [0.4, 0.5) is 5.69 Å². The molecule has 176 valence electrons. The molecule has 33 heavy (non-hydrogen) atoms. The number of nitrogens with one attached hydrogen (secondary N) is 1. The number of aromatic nitrogens is 2. The average Bonchev–Trinajstić information content (AvgIpc) is 3.15. The summed E-state index contributed by atoms with van der Waals surface area (Å²) >= 11 is 0. The molecule has 0 radical (unpaired) electrons. The molecule has 0 bridgehead atoms. The van der Waals surface area contributed by atoms with E-state index in [4.69, 9.17) is 9.72 Å². The van der Waals surface area contributed by atoms with Crippen LogP contribution in [0.25, 0.3) is 11.4 Å². The van der Waals surface area contributed by atoms with Gasteiger partial charge in [-0.3, -0.25) is 0 Å². The van der Waals surface area contributed by atoms with Crippen molar-refractivity contribution in [3.05, 3.63) is 59.4 Å². The zero-order chi connectivity index (χ0) is 23.5. The largest absolute Gasteiger partial charge is 0.872 e. The molecule has 1 aliphatic rings. The van der Waals surface area contributed by atoms with Crippen molar-refractivity contribution in [1.82, 2.24) is 9.55 Å². The van der Waals surface area contributed by atoms with Gasteiger partial charge in [-0.05, 0) is 49.7 Å². The van der Waals surface area contributed by atoms with Gasteiger partial charge in [-0.15, -0.1) is 0 Å². The standard InChI is InChI=1S/C26H34N4O3/c1-5-30(6-2)19-9-12-21(24(31)15-19)26-27-22-16-29(14-13-23(22)28(26)3)17-25(32)18-7-10-20(33-4)11-8-18/h7-12,15,25,31-32H,5-6,13-14,16-17H2,1-4H3. The molecule has 2 N–H and O–H groups in total. The van der Waals surface area contributed by atoms with E-state index in [1.54, 1.807) is 13.2 Å². The Bertz CT molecular complexity index is 1090. The van der Waals surface area contributed by atoms with Crippen LogP contribution in [0.5, 0.6) is 11.5 Å². The Morgan fingerprint density at radius 2 is 1.91 bits per heavy atom. The van der Waals surface area contributed by atoms with Crippen molar-refractivity contribution < 1.29 is 19.8 Å². The third-order valence-corrected chi connectivity index (χ3v) is 6.75. The summed E-state index contributed by atoms with van der Waals surface area (Å²) in [6, 6.07) is 13.2. The Morgan fingerprint density at radius 3 is 2.55 bits per heavy atom. The molecule has 2 heterocycles. The van der Waals surface area contributed by atoms with Crippen LogP contribution in [0.3, 0.4) is 0 Å². The van der Waals surface area contributed by atoms with Gasteiger partial charge in [0, 0.05) is 37.8 Å². The second-order valence-corrected chi connectivity index (χ2v) is 8.66. The highest BCUT2D eigenvalue weighted by Crippen LogP contribution is 2.32. The number of fused-ring (bicyclic) bond motifs is 1. The van der Waals surface area contributed by atoms with Crippen LogP contribution >= 0.6 is 0 Å². The van der Waals surface area contributed by atoms with Gasteiger partial charge in [0.15, 0.2) is 0 Å². The molecular weight excluding hydrogens is 416 g/mol. The van der Waals surface area contributed by atoms with Gasteiger partial charge < -0.3 is 29.3 Å². The monoisotopic (exact) mass is 450 g/mol. The van der Waals surface area contributed by atoms with Crippen molar-refractivity contribution in [2.24, 2.45) is 7.05 Å². The Labute approximate surface area is 195 Å². The minimum Gasteiger partial charge on any atom is -0.872 e. The van der Waals surface area contributed by atoms with Gasteiger partial charge in [0.2, 0.25) is 0 Å². The fourth-order valence-corrected chi connectivity index (χ4v) is 4.78. The van der Waals surface area contributed by atoms with Gasteiger partial charge in [-0.2, -0.15) is 0 Å². The topological polar surface area (TPSA) is 78.0 Å². The minimum atomic E-state index is -0.545. The number of rotatable bonds is 8. The van der Waals surface area contributed by atoms with Crippen molar-refractivity contribution in [3.63, 3.8) is 0 Å². The number of hydrogen-bond donors (Lipinski definition) is 2. The average molecular weight is 451 g/mol. The van der Waals surface area contributed by atoms with Crippen LogP contribution in [0.2, 0.25) is 0 Å². The molecule has 2 aromatic carbocycles. The van der Waals surface area contributed by atoms with Crippen molar-refractivity contribution in [1.29, 1.82) is 0 Å². The Morgan fingerprint density at radius 1 is 1.18 bits per heavy atom. The van der Waals surface area contributed by atoms with Gasteiger partial charge >= 0.3 is 0 Å². The van der Waals surface area contributed by atoms with Crippen molar-refractivity contribution in [3.8, 4) is 22.9 Å². The normalized spacial score (nSPS) is 16.3. The van der Waals surface area contributed by atoms with Crippen molar-refractivity contribution in [2.75, 3.05) is 38.2 Å². The second kappa shape index (κ2) is 9.85. The summed E-state index contributed by atoms with van der Waals surface area (Å²) in [5, 5.41) is 23.7. The molecule has 0 spiro atoms. The number of nitrogens with zero attached hydrogens (tertiary/aromatic N) is 3. The van der Waals surface area contributed by atoms with Crippen LogP contribution in [0, 0.1) is 0 Å². The molecule has 2 atom stereocenters. The predicted molar refractivity (Wildman–Crippen MR) is 128 cm³/mol. The molecule has 0 aliphatic carbocycles. The van der Waals surface area contributed by atoms with Gasteiger partial charge in [-0.1, -0.05) is 17.9 Å². The van der Waals surface area contributed by atoms with E-state index in [1.807, 2.05) is 43.4 Å². The van der Waals surface area contributed by atoms with Gasteiger partial charge in [0.25, 0.3) is 0 Å². The predicted octanol–water partition coefficient (Wildman–Crippen LogP) is 1.69. The molecule has 7 heteroatoms. The molecule has 0 amide bonds. The zero-order valence-corrected chi connectivity index (χ0v) is 20.0. The Hall–Kier alpha value is -3.03. The van der Waals surface area contributed by atoms with Gasteiger partial charge in [0.05, 0.1) is 19.3 Å². The molecule has 7 nitrogen and oxygen atoms in total. The summed E-state index contributed by atoms with van der Waals surface area (Å²) in [4.78, 5) is 8.34. The Balaban J connectivity index is 1.51. The quantitative estimate of drug-likeness (QED) is 0.546. The minimum absolute atomic E-state index is 0.00368. The van der Waals surface area contributed by atoms with Crippen LogP contribution in [0.15, 0.2) is 42.5 Å². The molecular formula is C26H34N4O3. The lowest BCUT2D eigenvalue weighted by Gasteiger charge is -2.26. The van der Waals surface area contributed by atoms with E-state index in [0.29, 0.717) is 12.1 Å². The van der Waals surface area contributed by atoms with Crippen LogP contribution in [0.1, 0.15) is 36.9 Å². The molecule has 0 fully saturated rings. The van der Waals surface area contributed by atoms with E-state index in [-0.39, 0.29) is 5.75 Å². The molecule has 1 aromatic heterocycles. The number of aliphatic hydroxyl groups excluding tert-OH is 1. The smallest absolute Gasteiger partial charge is 0.139 e. The lowest BCUT2D eigenvalue weighted by molar-refractivity contribution is -0.920. The first-order valence-electron chi connectivity index (χ1n) is 11.7. The maximum Gasteiger partial charge on any atom is 0.139 e. The van der Waals surface area contributed by atoms with Gasteiger partial charge in [0.1, 0.15) is 36.5 Å². The summed E-state index contributed by atoms with van der Waals surface area (Å²) in [7, 11) is 3.63. The third-order valence-electron chi connectivity index (χ3n) is 6.75. The first-order valence-corrected chi connectivity index (χ1v) is 11.7. The van der Waals surface area contributed by atoms with Crippen LogP contribution in [-0.2, 0) is 20.0 Å². The molecule has 0 saturated heterocycles. The summed E-state index contributed by atoms with van der Waals surface area (Å²) in [5.41, 5.74) is 4.68. The SMILES string of the molecule is CCN(CC)c1ccc(-c2nc3c(n2C)CC[NH+](CC(O)c2ccc(OC)cc2)C3)c([O-])c1. The van der Waals surface area contributed by atoms with Crippen molar-refractivity contribution in [2.45, 2.75) is 32.9 Å². The van der Waals surface area contributed by atoms with Crippen LogP contribution < -0.4 is 19.6 Å². The number of hydrogen-bond acceptors (Lipinski definition) is 5. The highest BCUT2D eigenvalue weighted by atomic mass is 16.5. The first kappa shape index (κ1) is 23.1. The second-order valence-electron chi connectivity index (χ2n) is 8.66.